The van der Waals surface area contributed by atoms with Crippen molar-refractivity contribution in [1.82, 2.24) is 20.0 Å². The van der Waals surface area contributed by atoms with Gasteiger partial charge in [0, 0.05) is 31.4 Å². The Morgan fingerprint density at radius 2 is 2.00 bits per heavy atom. The Hall–Kier alpha value is -2.87. The van der Waals surface area contributed by atoms with Gasteiger partial charge in [0.2, 0.25) is 5.91 Å². The maximum absolute atomic E-state index is 12.6. The molecule has 0 radical (unpaired) electrons. The molecule has 28 heavy (non-hydrogen) atoms. The van der Waals surface area contributed by atoms with Gasteiger partial charge < -0.3 is 5.32 Å². The Labute approximate surface area is 168 Å². The number of aryl methyl sites for hydroxylation is 1. The molecule has 1 aliphatic heterocycles. The van der Waals surface area contributed by atoms with Gasteiger partial charge in [-0.15, -0.1) is 0 Å². The summed E-state index contributed by atoms with van der Waals surface area (Å²) in [6.07, 6.45) is 5.30. The van der Waals surface area contributed by atoms with Gasteiger partial charge in [-0.1, -0.05) is 42.1 Å². The second-order valence-corrected chi connectivity index (χ2v) is 7.10. The summed E-state index contributed by atoms with van der Waals surface area (Å²) < 4.78 is 1.79. The third kappa shape index (κ3) is 4.89. The third-order valence-corrected chi connectivity index (χ3v) is 5.15. The number of carbonyl (C=O) groups excluding carboxylic acids is 2. The number of carbonyl (C=O) groups is 2. The minimum absolute atomic E-state index is 0.0956. The molecule has 0 spiro atoms. The number of thioether (sulfide) groups is 1. The summed E-state index contributed by atoms with van der Waals surface area (Å²) in [5.74, 6) is -0.0445. The van der Waals surface area contributed by atoms with Crippen molar-refractivity contribution in [3.8, 4) is 0 Å². The average molecular weight is 398 g/mol. The van der Waals surface area contributed by atoms with Gasteiger partial charge in [0.05, 0.1) is 11.9 Å². The molecule has 0 bridgehead atoms. The van der Waals surface area contributed by atoms with Crippen LogP contribution < -0.4 is 5.32 Å². The SMILES string of the molecule is CCN1C(=O)/C(=C\c2cnn(CC)c2)N=C1SCC(=O)NCc1ccccc1. The molecule has 2 heterocycles. The van der Waals surface area contributed by atoms with E-state index in [0.717, 1.165) is 17.7 Å². The fourth-order valence-corrected chi connectivity index (χ4v) is 3.57. The van der Waals surface area contributed by atoms with Crippen LogP contribution in [0.5, 0.6) is 0 Å². The van der Waals surface area contributed by atoms with Crippen molar-refractivity contribution >= 4 is 34.8 Å². The van der Waals surface area contributed by atoms with E-state index >= 15 is 0 Å². The summed E-state index contributed by atoms with van der Waals surface area (Å²) in [7, 11) is 0. The normalized spacial score (nSPS) is 15.2. The van der Waals surface area contributed by atoms with E-state index in [1.807, 2.05) is 50.4 Å². The van der Waals surface area contributed by atoms with E-state index < -0.39 is 0 Å². The molecular formula is C20H23N5O2S. The first kappa shape index (κ1) is 19.9. The van der Waals surface area contributed by atoms with Crippen LogP contribution >= 0.6 is 11.8 Å². The molecule has 1 aromatic heterocycles. The summed E-state index contributed by atoms with van der Waals surface area (Å²) in [6, 6.07) is 9.74. The van der Waals surface area contributed by atoms with Gasteiger partial charge in [0.15, 0.2) is 5.17 Å². The van der Waals surface area contributed by atoms with Crippen LogP contribution in [0.25, 0.3) is 6.08 Å². The molecule has 8 heteroatoms. The van der Waals surface area contributed by atoms with E-state index in [1.165, 1.54) is 11.8 Å². The number of hydrogen-bond donors (Lipinski definition) is 1. The molecule has 0 fully saturated rings. The molecule has 3 rings (SSSR count). The van der Waals surface area contributed by atoms with E-state index in [2.05, 4.69) is 15.4 Å². The predicted octanol–water partition coefficient (Wildman–Crippen LogP) is 2.51. The predicted molar refractivity (Wildman–Crippen MR) is 111 cm³/mol. The molecule has 0 atom stereocenters. The van der Waals surface area contributed by atoms with Crippen LogP contribution in [0, 0.1) is 0 Å². The molecule has 1 aromatic carbocycles. The zero-order valence-electron chi connectivity index (χ0n) is 16.0. The quantitative estimate of drug-likeness (QED) is 0.728. The molecule has 1 aliphatic rings. The van der Waals surface area contributed by atoms with Crippen LogP contribution in [-0.4, -0.2) is 44.0 Å². The number of hydrogen-bond acceptors (Lipinski definition) is 5. The van der Waals surface area contributed by atoms with Crippen LogP contribution in [0.4, 0.5) is 0 Å². The van der Waals surface area contributed by atoms with Gasteiger partial charge in [0.25, 0.3) is 5.91 Å². The highest BCUT2D eigenvalue weighted by atomic mass is 32.2. The summed E-state index contributed by atoms with van der Waals surface area (Å²) in [6.45, 7) is 5.64. The number of aliphatic imine (C=N–C) groups is 1. The lowest BCUT2D eigenvalue weighted by molar-refractivity contribution is -0.122. The van der Waals surface area contributed by atoms with Crippen LogP contribution in [0.3, 0.4) is 0 Å². The summed E-state index contributed by atoms with van der Waals surface area (Å²) >= 11 is 1.27. The number of rotatable bonds is 7. The van der Waals surface area contributed by atoms with Crippen molar-refractivity contribution in [2.24, 2.45) is 4.99 Å². The van der Waals surface area contributed by atoms with Crippen molar-refractivity contribution in [3.63, 3.8) is 0 Å². The van der Waals surface area contributed by atoms with Crippen molar-refractivity contribution in [1.29, 1.82) is 0 Å². The highest BCUT2D eigenvalue weighted by Crippen LogP contribution is 2.23. The van der Waals surface area contributed by atoms with Gasteiger partial charge in [-0.3, -0.25) is 19.2 Å². The second-order valence-electron chi connectivity index (χ2n) is 6.15. The molecule has 1 N–H and O–H groups in total. The monoisotopic (exact) mass is 397 g/mol. The largest absolute Gasteiger partial charge is 0.351 e. The van der Waals surface area contributed by atoms with Crippen molar-refractivity contribution in [2.45, 2.75) is 26.9 Å². The Kier molecular flexibility index (Phi) is 6.65. The smallest absolute Gasteiger partial charge is 0.278 e. The molecule has 0 saturated heterocycles. The molecule has 7 nitrogen and oxygen atoms in total. The van der Waals surface area contributed by atoms with Gasteiger partial charge in [-0.25, -0.2) is 4.99 Å². The first-order valence-corrected chi connectivity index (χ1v) is 10.2. The minimum Gasteiger partial charge on any atom is -0.351 e. The molecule has 0 saturated carbocycles. The summed E-state index contributed by atoms with van der Waals surface area (Å²) in [5, 5.41) is 7.64. The summed E-state index contributed by atoms with van der Waals surface area (Å²) in [5.41, 5.74) is 2.24. The van der Waals surface area contributed by atoms with E-state index in [-0.39, 0.29) is 17.6 Å². The standard InChI is InChI=1S/C20H23N5O2S/c1-3-24-13-16(12-22-24)10-17-19(27)25(4-2)20(23-17)28-14-18(26)21-11-15-8-6-5-7-9-15/h5-10,12-13H,3-4,11,14H2,1-2H3,(H,21,26)/b17-10+. The number of amides is 2. The average Bonchev–Trinajstić information content (AvgIpc) is 3.30. The Balaban J connectivity index is 1.61. The number of amidine groups is 1. The van der Waals surface area contributed by atoms with E-state index in [0.29, 0.717) is 24.0 Å². The summed E-state index contributed by atoms with van der Waals surface area (Å²) in [4.78, 5) is 30.8. The number of nitrogens with one attached hydrogen (secondary N) is 1. The van der Waals surface area contributed by atoms with Crippen LogP contribution in [0.2, 0.25) is 0 Å². The highest BCUT2D eigenvalue weighted by molar-refractivity contribution is 8.14. The van der Waals surface area contributed by atoms with Gasteiger partial charge in [-0.05, 0) is 25.5 Å². The molecule has 0 unspecified atom stereocenters. The number of likely N-dealkylation sites (N-methyl/N-ethyl adjacent to an activating group) is 1. The lowest BCUT2D eigenvalue weighted by Crippen LogP contribution is -2.32. The topological polar surface area (TPSA) is 79.6 Å². The van der Waals surface area contributed by atoms with Crippen LogP contribution in [-0.2, 0) is 22.7 Å². The van der Waals surface area contributed by atoms with Crippen LogP contribution in [0.15, 0.2) is 53.4 Å². The molecule has 0 aliphatic carbocycles. The first-order chi connectivity index (χ1) is 13.6. The molecular weight excluding hydrogens is 374 g/mol. The number of nitrogens with zero attached hydrogens (tertiary/aromatic N) is 4. The fraction of sp³-hybridized carbons (Fsp3) is 0.300. The molecule has 2 aromatic rings. The van der Waals surface area contributed by atoms with E-state index in [4.69, 9.17) is 0 Å². The minimum atomic E-state index is -0.154. The fourth-order valence-electron chi connectivity index (χ4n) is 2.68. The lowest BCUT2D eigenvalue weighted by atomic mass is 10.2. The van der Waals surface area contributed by atoms with Gasteiger partial charge >= 0.3 is 0 Å². The van der Waals surface area contributed by atoms with E-state index in [9.17, 15) is 9.59 Å². The molecule has 2 amide bonds. The number of aromatic nitrogens is 2. The van der Waals surface area contributed by atoms with Crippen molar-refractivity contribution < 1.29 is 9.59 Å². The lowest BCUT2D eigenvalue weighted by Gasteiger charge is -2.14. The Bertz CT molecular complexity index is 904. The zero-order valence-corrected chi connectivity index (χ0v) is 16.8. The second kappa shape index (κ2) is 9.36. The zero-order chi connectivity index (χ0) is 19.9. The van der Waals surface area contributed by atoms with Gasteiger partial charge in [0.1, 0.15) is 5.70 Å². The van der Waals surface area contributed by atoms with Crippen molar-refractivity contribution in [3.05, 3.63) is 59.5 Å². The highest BCUT2D eigenvalue weighted by Gasteiger charge is 2.29. The van der Waals surface area contributed by atoms with Crippen molar-refractivity contribution in [2.75, 3.05) is 12.3 Å². The Morgan fingerprint density at radius 3 is 2.68 bits per heavy atom. The maximum atomic E-state index is 12.6. The maximum Gasteiger partial charge on any atom is 0.278 e. The van der Waals surface area contributed by atoms with Crippen LogP contribution in [0.1, 0.15) is 25.0 Å². The third-order valence-electron chi connectivity index (χ3n) is 4.17. The number of benzene rings is 1. The first-order valence-electron chi connectivity index (χ1n) is 9.18. The van der Waals surface area contributed by atoms with E-state index in [1.54, 1.807) is 21.9 Å². The molecule has 146 valence electrons. The Morgan fingerprint density at radius 1 is 1.21 bits per heavy atom. The van der Waals surface area contributed by atoms with Gasteiger partial charge in [-0.2, -0.15) is 5.10 Å².